The van der Waals surface area contributed by atoms with Gasteiger partial charge in [-0.2, -0.15) is 13.2 Å². The summed E-state index contributed by atoms with van der Waals surface area (Å²) in [5.41, 5.74) is 6.76. The molecule has 1 aliphatic rings. The number of rotatable bonds is 8. The monoisotopic (exact) mass is 671 g/mol. The number of halogens is 6. The first-order valence-electron chi connectivity index (χ1n) is 13.5. The highest BCUT2D eigenvalue weighted by Gasteiger charge is 2.37. The van der Waals surface area contributed by atoms with Crippen molar-refractivity contribution in [3.8, 4) is 5.75 Å². The van der Waals surface area contributed by atoms with E-state index in [4.69, 9.17) is 33.5 Å². The Morgan fingerprint density at radius 2 is 1.84 bits per heavy atom. The lowest BCUT2D eigenvalue weighted by Gasteiger charge is -2.45. The molecule has 2 atom stereocenters. The predicted molar refractivity (Wildman–Crippen MR) is 160 cm³/mol. The molecule has 2 amide bonds. The number of ether oxygens (including phenoxy) is 1. The van der Waals surface area contributed by atoms with Gasteiger partial charge >= 0.3 is 6.18 Å². The van der Waals surface area contributed by atoms with E-state index in [9.17, 15) is 27.6 Å². The quantitative estimate of drug-likeness (QED) is 0.142. The van der Waals surface area contributed by atoms with Crippen molar-refractivity contribution in [2.45, 2.75) is 45.2 Å². The molecular formula is C28H27Cl2F4N7O4. The van der Waals surface area contributed by atoms with E-state index in [0.29, 0.717) is 15.2 Å². The minimum Gasteiger partial charge on any atom is -0.492 e. The van der Waals surface area contributed by atoms with Crippen LogP contribution in [0.25, 0.3) is 21.3 Å². The van der Waals surface area contributed by atoms with E-state index in [2.05, 4.69) is 15.3 Å². The summed E-state index contributed by atoms with van der Waals surface area (Å²) in [4.78, 5) is 44.8. The van der Waals surface area contributed by atoms with Crippen LogP contribution in [0, 0.1) is 5.82 Å². The van der Waals surface area contributed by atoms with Gasteiger partial charge in [0, 0.05) is 52.9 Å². The van der Waals surface area contributed by atoms with Crippen LogP contribution in [0.2, 0.25) is 10.0 Å². The number of nitrogens with zero attached hydrogens (tertiary/aromatic N) is 6. The summed E-state index contributed by atoms with van der Waals surface area (Å²) in [6.45, 7) is 1.25. The lowest BCUT2D eigenvalue weighted by molar-refractivity contribution is -0.140. The molecule has 1 saturated heterocycles. The smallest absolute Gasteiger partial charge is 0.406 e. The first kappa shape index (κ1) is 33.7. The van der Waals surface area contributed by atoms with Crippen molar-refractivity contribution in [1.82, 2.24) is 14.8 Å². The lowest BCUT2D eigenvalue weighted by Crippen LogP contribution is -2.59. The zero-order valence-corrected chi connectivity index (χ0v) is 25.7. The topological polar surface area (TPSA) is 133 Å². The van der Waals surface area contributed by atoms with Crippen molar-refractivity contribution >= 4 is 51.6 Å². The minimum atomic E-state index is -4.80. The number of hydrogen-bond acceptors (Lipinski definition) is 6. The average molecular weight is 672 g/mol. The molecule has 0 aliphatic carbocycles. The molecule has 0 spiro atoms. The van der Waals surface area contributed by atoms with E-state index >= 15 is 4.39 Å². The number of nitrogens with one attached hydrogen (secondary N) is 1. The molecule has 0 saturated carbocycles. The Bertz CT molecular complexity index is 1750. The summed E-state index contributed by atoms with van der Waals surface area (Å²) in [6.07, 6.45) is -4.04. The van der Waals surface area contributed by atoms with E-state index in [1.54, 1.807) is 13.8 Å². The molecule has 2 unspecified atom stereocenters. The summed E-state index contributed by atoms with van der Waals surface area (Å²) in [5.74, 6) is -2.77. The van der Waals surface area contributed by atoms with Gasteiger partial charge in [0.25, 0.3) is 5.91 Å². The molecule has 4 rings (SSSR count). The van der Waals surface area contributed by atoms with Gasteiger partial charge in [0.1, 0.15) is 24.3 Å². The van der Waals surface area contributed by atoms with E-state index in [1.165, 1.54) is 28.0 Å². The van der Waals surface area contributed by atoms with Gasteiger partial charge in [-0.3, -0.25) is 14.4 Å². The molecule has 45 heavy (non-hydrogen) atoms. The summed E-state index contributed by atoms with van der Waals surface area (Å²) in [6, 6.07) is 4.24. The molecule has 0 radical (unpaired) electrons. The Hall–Kier alpha value is -4.20. The van der Waals surface area contributed by atoms with E-state index in [-0.39, 0.29) is 41.6 Å². The number of amides is 2. The molecular weight excluding hydrogens is 645 g/mol. The number of carbonyl (C=O) groups excluding carboxylic acids is 2. The average Bonchev–Trinajstić information content (AvgIpc) is 2.95. The summed E-state index contributed by atoms with van der Waals surface area (Å²) >= 11 is 12.0. The van der Waals surface area contributed by atoms with Crippen LogP contribution in [0.4, 0.5) is 23.2 Å². The Morgan fingerprint density at radius 3 is 2.42 bits per heavy atom. The number of aromatic nitrogens is 1. The van der Waals surface area contributed by atoms with Gasteiger partial charge in [-0.05, 0) is 43.1 Å². The summed E-state index contributed by atoms with van der Waals surface area (Å²) in [7, 11) is 1.13. The van der Waals surface area contributed by atoms with Gasteiger partial charge in [0.2, 0.25) is 11.3 Å². The van der Waals surface area contributed by atoms with Gasteiger partial charge < -0.3 is 24.4 Å². The van der Waals surface area contributed by atoms with Crippen LogP contribution in [-0.4, -0.2) is 66.3 Å². The number of anilines is 1. The normalized spacial score (nSPS) is 16.8. The first-order chi connectivity index (χ1) is 21.2. The van der Waals surface area contributed by atoms with Gasteiger partial charge in [0.05, 0.1) is 18.0 Å². The second-order valence-electron chi connectivity index (χ2n) is 10.5. The van der Waals surface area contributed by atoms with Gasteiger partial charge in [-0.1, -0.05) is 34.4 Å². The summed E-state index contributed by atoms with van der Waals surface area (Å²) < 4.78 is 63.4. The molecule has 240 valence electrons. The van der Waals surface area contributed by atoms with Crippen molar-refractivity contribution in [1.29, 1.82) is 0 Å². The van der Waals surface area contributed by atoms with Crippen LogP contribution < -0.4 is 20.4 Å². The molecule has 2 heterocycles. The van der Waals surface area contributed by atoms with Gasteiger partial charge in [0.15, 0.2) is 11.6 Å². The number of carbonyl (C=O) groups is 2. The SMILES string of the molecule is COc1c(N2CC(C)N(C(=O)CN=[N+]=[N-])C(C)C2)c(F)cc2c(=O)c(C(=O)NCc3ccc(Cl)cc3Cl)cn(CC(F)(F)F)c12. The number of piperazine rings is 1. The van der Waals surface area contributed by atoms with Crippen LogP contribution in [0.15, 0.2) is 40.4 Å². The molecule has 1 N–H and O–H groups in total. The fourth-order valence-corrected chi connectivity index (χ4v) is 6.04. The van der Waals surface area contributed by atoms with Gasteiger partial charge in [-0.25, -0.2) is 4.39 Å². The minimum absolute atomic E-state index is 0.0440. The van der Waals surface area contributed by atoms with Crippen molar-refractivity contribution in [2.24, 2.45) is 5.11 Å². The van der Waals surface area contributed by atoms with Crippen LogP contribution in [0.5, 0.6) is 5.75 Å². The zero-order chi connectivity index (χ0) is 33.2. The largest absolute Gasteiger partial charge is 0.492 e. The Labute approximate surface area is 263 Å². The molecule has 11 nitrogen and oxygen atoms in total. The van der Waals surface area contributed by atoms with E-state index in [1.807, 2.05) is 0 Å². The third-order valence-electron chi connectivity index (χ3n) is 7.29. The zero-order valence-electron chi connectivity index (χ0n) is 24.2. The Morgan fingerprint density at radius 1 is 1.18 bits per heavy atom. The molecule has 1 fully saturated rings. The number of azide groups is 1. The van der Waals surface area contributed by atoms with E-state index in [0.717, 1.165) is 19.4 Å². The van der Waals surface area contributed by atoms with Crippen molar-refractivity contribution in [2.75, 3.05) is 31.6 Å². The molecule has 2 aromatic carbocycles. The number of benzene rings is 2. The van der Waals surface area contributed by atoms with Crippen molar-refractivity contribution in [3.63, 3.8) is 0 Å². The maximum Gasteiger partial charge on any atom is 0.406 e. The Kier molecular flexibility index (Phi) is 10.1. The highest BCUT2D eigenvalue weighted by atomic mass is 35.5. The number of hydrogen-bond donors (Lipinski definition) is 1. The second kappa shape index (κ2) is 13.4. The number of alkyl halides is 3. The molecule has 1 aliphatic heterocycles. The van der Waals surface area contributed by atoms with Crippen LogP contribution in [0.3, 0.4) is 0 Å². The standard InChI is InChI=1S/C28H27Cl2F4N7O4/c1-14-10-39(11-15(2)41(14)22(42)9-37-38-35)24-21(31)7-18-23(26(24)45-3)40(13-28(32,33)34)12-19(25(18)43)27(44)36-8-16-4-5-17(29)6-20(16)30/h4-7,12,14-15H,8-11,13H2,1-3H3,(H,36,44). The lowest BCUT2D eigenvalue weighted by atomic mass is 10.0. The number of methoxy groups -OCH3 is 1. The third-order valence-corrected chi connectivity index (χ3v) is 7.88. The van der Waals surface area contributed by atoms with Crippen LogP contribution in [-0.2, 0) is 17.9 Å². The van der Waals surface area contributed by atoms with Crippen molar-refractivity contribution < 1.29 is 31.9 Å². The highest BCUT2D eigenvalue weighted by molar-refractivity contribution is 6.35. The molecule has 1 aromatic heterocycles. The fourth-order valence-electron chi connectivity index (χ4n) is 5.56. The van der Waals surface area contributed by atoms with E-state index < -0.39 is 65.4 Å². The maximum absolute atomic E-state index is 15.9. The van der Waals surface area contributed by atoms with Gasteiger partial charge in [-0.15, -0.1) is 0 Å². The van der Waals surface area contributed by atoms with Crippen LogP contribution in [0.1, 0.15) is 29.8 Å². The summed E-state index contributed by atoms with van der Waals surface area (Å²) in [5, 5.41) is 5.83. The molecule has 0 bridgehead atoms. The molecule has 17 heteroatoms. The molecule has 3 aromatic rings. The third kappa shape index (κ3) is 7.21. The predicted octanol–water partition coefficient (Wildman–Crippen LogP) is 5.68. The van der Waals surface area contributed by atoms with Crippen LogP contribution >= 0.6 is 23.2 Å². The fraction of sp³-hybridized carbons (Fsp3) is 0.393. The number of pyridine rings is 1. The Balaban J connectivity index is 1.80. The first-order valence-corrected chi connectivity index (χ1v) is 14.2. The second-order valence-corrected chi connectivity index (χ2v) is 11.3. The number of fused-ring (bicyclic) bond motifs is 1. The van der Waals surface area contributed by atoms with Crippen molar-refractivity contribution in [3.05, 3.63) is 78.1 Å². The maximum atomic E-state index is 15.9. The highest BCUT2D eigenvalue weighted by Crippen LogP contribution is 2.40.